The number of halogens is 1. The van der Waals surface area contributed by atoms with Crippen molar-refractivity contribution in [2.24, 2.45) is 4.99 Å². The highest BCUT2D eigenvalue weighted by molar-refractivity contribution is 14.1. The van der Waals surface area contributed by atoms with Crippen LogP contribution in [0, 0.1) is 24.3 Å². The summed E-state index contributed by atoms with van der Waals surface area (Å²) in [7, 11) is 1.67. The minimum absolute atomic E-state index is 0.0691. The van der Waals surface area contributed by atoms with Crippen molar-refractivity contribution in [2.45, 2.75) is 52.5 Å². The smallest absolute Gasteiger partial charge is 0.256 e. The van der Waals surface area contributed by atoms with Crippen molar-refractivity contribution in [3.05, 3.63) is 68.3 Å². The molecule has 0 radical (unpaired) electrons. The normalized spacial score (nSPS) is 15.9. The fourth-order valence-corrected chi connectivity index (χ4v) is 5.50. The lowest BCUT2D eigenvalue weighted by Crippen LogP contribution is -2.35. The highest BCUT2D eigenvalue weighted by Crippen LogP contribution is 2.35. The van der Waals surface area contributed by atoms with E-state index < -0.39 is 0 Å². The molecule has 0 aromatic heterocycles. The predicted molar refractivity (Wildman–Crippen MR) is 165 cm³/mol. The molecule has 0 bridgehead atoms. The summed E-state index contributed by atoms with van der Waals surface area (Å²) in [5.74, 6) is 3.88. The fraction of sp³-hybridized carbons (Fsp3) is 0.375. The topological polar surface area (TPSA) is 69.6 Å². The van der Waals surface area contributed by atoms with Crippen LogP contribution in [-0.2, 0) is 0 Å². The number of amides is 1. The molecule has 7 nitrogen and oxygen atoms in total. The van der Waals surface area contributed by atoms with Gasteiger partial charge in [-0.2, -0.15) is 0 Å². The molecule has 210 valence electrons. The summed E-state index contributed by atoms with van der Waals surface area (Å²) in [5.41, 5.74) is 4.52. The third-order valence-electron chi connectivity index (χ3n) is 7.48. The monoisotopic (exact) mass is 654 g/mol. The molecular weight excluding hydrogens is 619 g/mol. The zero-order valence-corrected chi connectivity index (χ0v) is 25.6. The number of aliphatic imine (C=N–C) groups is 1. The van der Waals surface area contributed by atoms with Gasteiger partial charge in [-0.15, -0.1) is 0 Å². The zero-order chi connectivity index (χ0) is 28.2. The average Bonchev–Trinajstić information content (AvgIpc) is 3.37. The number of carbonyl (C=O) groups is 1. The van der Waals surface area contributed by atoms with E-state index in [0.717, 1.165) is 81.2 Å². The van der Waals surface area contributed by atoms with Crippen molar-refractivity contribution in [1.82, 2.24) is 4.90 Å². The molecule has 1 saturated heterocycles. The molecule has 1 fully saturated rings. The highest BCUT2D eigenvalue weighted by atomic mass is 127. The number of methoxy groups -OCH3 is 1. The molecular formula is C32H35IN2O5. The Balaban J connectivity index is 1.12. The molecule has 0 unspecified atom stereocenters. The van der Waals surface area contributed by atoms with Gasteiger partial charge in [0.05, 0.1) is 41.2 Å². The summed E-state index contributed by atoms with van der Waals surface area (Å²) in [6.07, 6.45) is 5.60. The highest BCUT2D eigenvalue weighted by Gasteiger charge is 2.32. The summed E-state index contributed by atoms with van der Waals surface area (Å²) >= 11 is 2.27. The van der Waals surface area contributed by atoms with Gasteiger partial charge in [0.15, 0.2) is 0 Å². The van der Waals surface area contributed by atoms with Gasteiger partial charge in [0.2, 0.25) is 0 Å². The molecule has 0 N–H and O–H groups in total. The molecule has 8 heteroatoms. The lowest BCUT2D eigenvalue weighted by molar-refractivity contribution is 0.0774. The SMILES string of the molecule is COc1cc(Oc2cc(OCCCCOc3cc4c(cc3C)C(=O)N3CCC[C@H]3C=N4)ccc2I)cc(C)c1C. The maximum absolute atomic E-state index is 13.0. The Morgan fingerprint density at radius 3 is 2.50 bits per heavy atom. The second-order valence-electron chi connectivity index (χ2n) is 10.3. The van der Waals surface area contributed by atoms with Gasteiger partial charge in [0.25, 0.3) is 5.91 Å². The first-order chi connectivity index (χ1) is 19.3. The molecule has 2 heterocycles. The van der Waals surface area contributed by atoms with E-state index >= 15 is 0 Å². The number of ether oxygens (including phenoxy) is 4. The third kappa shape index (κ3) is 6.22. The summed E-state index contributed by atoms with van der Waals surface area (Å²) in [5, 5.41) is 0. The van der Waals surface area contributed by atoms with Gasteiger partial charge in [0.1, 0.15) is 28.7 Å². The Morgan fingerprint density at radius 1 is 0.925 bits per heavy atom. The Kier molecular flexibility index (Phi) is 8.83. The lowest BCUT2D eigenvalue weighted by atomic mass is 10.1. The minimum atomic E-state index is 0.0691. The van der Waals surface area contributed by atoms with Crippen LogP contribution in [0.1, 0.15) is 52.7 Å². The van der Waals surface area contributed by atoms with Crippen molar-refractivity contribution in [3.63, 3.8) is 0 Å². The van der Waals surface area contributed by atoms with Crippen LogP contribution < -0.4 is 18.9 Å². The molecule has 0 saturated carbocycles. The first-order valence-electron chi connectivity index (χ1n) is 13.7. The number of fused-ring (bicyclic) bond motifs is 2. The van der Waals surface area contributed by atoms with Crippen molar-refractivity contribution >= 4 is 40.4 Å². The number of hydrogen-bond acceptors (Lipinski definition) is 6. The van der Waals surface area contributed by atoms with Gasteiger partial charge < -0.3 is 23.8 Å². The number of unbranched alkanes of at least 4 members (excludes halogenated alkanes) is 1. The van der Waals surface area contributed by atoms with Crippen molar-refractivity contribution < 1.29 is 23.7 Å². The van der Waals surface area contributed by atoms with E-state index in [0.29, 0.717) is 24.5 Å². The number of hydrogen-bond donors (Lipinski definition) is 0. The molecule has 2 aliphatic rings. The van der Waals surface area contributed by atoms with Gasteiger partial charge in [-0.3, -0.25) is 9.79 Å². The van der Waals surface area contributed by atoms with Crippen LogP contribution in [-0.4, -0.2) is 49.9 Å². The number of nitrogens with zero attached hydrogens (tertiary/aromatic N) is 2. The molecule has 1 atom stereocenters. The van der Waals surface area contributed by atoms with Gasteiger partial charge >= 0.3 is 0 Å². The fourth-order valence-electron chi connectivity index (χ4n) is 5.05. The summed E-state index contributed by atoms with van der Waals surface area (Å²) in [4.78, 5) is 19.5. The van der Waals surface area contributed by atoms with Crippen molar-refractivity contribution in [2.75, 3.05) is 26.9 Å². The molecule has 5 rings (SSSR count). The Hall–Kier alpha value is -3.27. The lowest BCUT2D eigenvalue weighted by Gasteiger charge is -2.20. The molecule has 0 spiro atoms. The Morgan fingerprint density at radius 2 is 1.70 bits per heavy atom. The first-order valence-corrected chi connectivity index (χ1v) is 14.8. The van der Waals surface area contributed by atoms with Crippen LogP contribution in [0.5, 0.6) is 28.7 Å². The molecule has 40 heavy (non-hydrogen) atoms. The van der Waals surface area contributed by atoms with Crippen molar-refractivity contribution in [1.29, 1.82) is 0 Å². The van der Waals surface area contributed by atoms with E-state index in [-0.39, 0.29) is 11.9 Å². The Labute approximate surface area is 249 Å². The first kappa shape index (κ1) is 28.3. The third-order valence-corrected chi connectivity index (χ3v) is 8.37. The van der Waals surface area contributed by atoms with Crippen LogP contribution in [0.15, 0.2) is 47.5 Å². The molecule has 0 aliphatic carbocycles. The van der Waals surface area contributed by atoms with Crippen LogP contribution in [0.3, 0.4) is 0 Å². The summed E-state index contributed by atoms with van der Waals surface area (Å²) < 4.78 is 24.8. The number of benzene rings is 3. The van der Waals surface area contributed by atoms with Gasteiger partial charge in [-0.05, 0) is 110 Å². The summed E-state index contributed by atoms with van der Waals surface area (Å²) in [6, 6.07) is 13.7. The second kappa shape index (κ2) is 12.5. The molecule has 3 aromatic carbocycles. The van der Waals surface area contributed by atoms with E-state index in [2.05, 4.69) is 27.6 Å². The zero-order valence-electron chi connectivity index (χ0n) is 23.5. The number of carbonyl (C=O) groups excluding carboxylic acids is 1. The van der Waals surface area contributed by atoms with E-state index in [1.807, 2.05) is 74.4 Å². The minimum Gasteiger partial charge on any atom is -0.496 e. The van der Waals surface area contributed by atoms with Crippen molar-refractivity contribution in [3.8, 4) is 28.7 Å². The molecule has 1 amide bonds. The summed E-state index contributed by atoms with van der Waals surface area (Å²) in [6.45, 7) is 7.99. The number of aryl methyl sites for hydroxylation is 2. The maximum Gasteiger partial charge on any atom is 0.256 e. The Bertz CT molecular complexity index is 1440. The van der Waals surface area contributed by atoms with E-state index in [9.17, 15) is 4.79 Å². The van der Waals surface area contributed by atoms with Crippen LogP contribution in [0.2, 0.25) is 0 Å². The average molecular weight is 655 g/mol. The van der Waals surface area contributed by atoms with E-state index in [1.54, 1.807) is 7.11 Å². The van der Waals surface area contributed by atoms with Gasteiger partial charge in [-0.1, -0.05) is 0 Å². The van der Waals surface area contributed by atoms with Crippen LogP contribution in [0.4, 0.5) is 5.69 Å². The van der Waals surface area contributed by atoms with Crippen LogP contribution >= 0.6 is 22.6 Å². The largest absolute Gasteiger partial charge is 0.496 e. The quantitative estimate of drug-likeness (QED) is 0.167. The van der Waals surface area contributed by atoms with Gasteiger partial charge in [0, 0.05) is 31.0 Å². The van der Waals surface area contributed by atoms with Crippen LogP contribution in [0.25, 0.3) is 0 Å². The second-order valence-corrected chi connectivity index (χ2v) is 11.4. The van der Waals surface area contributed by atoms with E-state index in [1.165, 1.54) is 0 Å². The number of rotatable bonds is 10. The maximum atomic E-state index is 13.0. The molecule has 2 aliphatic heterocycles. The van der Waals surface area contributed by atoms with E-state index in [4.69, 9.17) is 18.9 Å². The van der Waals surface area contributed by atoms with Gasteiger partial charge in [-0.25, -0.2) is 0 Å². The molecule has 3 aromatic rings. The predicted octanol–water partition coefficient (Wildman–Crippen LogP) is 7.58. The standard InChI is InChI=1S/C32H35IN2O5/c1-20-14-25(17-30(37-4)22(20)3)40-31-16-24(9-10-27(31)33)38-12-5-6-13-39-29-18-28-26(15-21(29)2)32(36)35-11-7-8-23(35)19-34-28/h9-10,14-19,23H,5-8,11-13H2,1-4H3/t23-/m0/s1.